The number of nitrogens with one attached hydrogen (secondary N) is 1. The van der Waals surface area contributed by atoms with Crippen LogP contribution in [0.5, 0.6) is 0 Å². The molecule has 2 aliphatic rings. The van der Waals surface area contributed by atoms with Gasteiger partial charge in [0.1, 0.15) is 0 Å². The van der Waals surface area contributed by atoms with Crippen molar-refractivity contribution < 1.29 is 0 Å². The van der Waals surface area contributed by atoms with Crippen molar-refractivity contribution in [2.24, 2.45) is 0 Å². The van der Waals surface area contributed by atoms with Crippen molar-refractivity contribution in [3.05, 3.63) is 12.4 Å². The van der Waals surface area contributed by atoms with E-state index in [1.54, 1.807) is 0 Å². The molecular formula is C14H24N4. The Hall–Kier alpha value is -1.03. The highest BCUT2D eigenvalue weighted by Gasteiger charge is 2.35. The van der Waals surface area contributed by atoms with Crippen LogP contribution in [0.1, 0.15) is 45.6 Å². The summed E-state index contributed by atoms with van der Waals surface area (Å²) < 4.78 is 2.23. The molecule has 2 saturated heterocycles. The maximum atomic E-state index is 4.47. The van der Waals surface area contributed by atoms with Gasteiger partial charge in [-0.2, -0.15) is 0 Å². The molecule has 18 heavy (non-hydrogen) atoms. The number of nitrogens with zero attached hydrogens (tertiary/aromatic N) is 3. The van der Waals surface area contributed by atoms with E-state index in [0.717, 1.165) is 12.0 Å². The summed E-state index contributed by atoms with van der Waals surface area (Å²) in [5.74, 6) is 1.04. The SMILES string of the molecule is CC(C)n1ccnc1NC1CCN2CCCCC12. The van der Waals surface area contributed by atoms with E-state index in [1.807, 2.05) is 6.20 Å². The lowest BCUT2D eigenvalue weighted by atomic mass is 9.99. The van der Waals surface area contributed by atoms with Crippen LogP contribution < -0.4 is 5.32 Å². The van der Waals surface area contributed by atoms with Gasteiger partial charge in [0, 0.05) is 37.1 Å². The van der Waals surface area contributed by atoms with Gasteiger partial charge in [-0.1, -0.05) is 6.42 Å². The highest BCUT2D eigenvalue weighted by atomic mass is 15.3. The molecule has 0 aliphatic carbocycles. The summed E-state index contributed by atoms with van der Waals surface area (Å²) in [6, 6.07) is 1.79. The Bertz CT molecular complexity index is 398. The normalized spacial score (nSPS) is 28.6. The Labute approximate surface area is 109 Å². The topological polar surface area (TPSA) is 33.1 Å². The van der Waals surface area contributed by atoms with Gasteiger partial charge in [0.15, 0.2) is 0 Å². The van der Waals surface area contributed by atoms with Crippen LogP contribution in [-0.4, -0.2) is 39.6 Å². The molecule has 1 aromatic heterocycles. The van der Waals surface area contributed by atoms with Crippen molar-refractivity contribution in [2.75, 3.05) is 18.4 Å². The van der Waals surface area contributed by atoms with Crippen molar-refractivity contribution in [1.29, 1.82) is 0 Å². The lowest BCUT2D eigenvalue weighted by Crippen LogP contribution is -2.42. The minimum Gasteiger partial charge on any atom is -0.351 e. The summed E-state index contributed by atoms with van der Waals surface area (Å²) in [5, 5.41) is 3.68. The average Bonchev–Trinajstić information content (AvgIpc) is 2.97. The fourth-order valence-electron chi connectivity index (χ4n) is 3.42. The smallest absolute Gasteiger partial charge is 0.203 e. The zero-order valence-electron chi connectivity index (χ0n) is 11.5. The molecular weight excluding hydrogens is 224 g/mol. The van der Waals surface area contributed by atoms with Crippen LogP contribution in [0.25, 0.3) is 0 Å². The Morgan fingerprint density at radius 2 is 2.17 bits per heavy atom. The van der Waals surface area contributed by atoms with Crippen LogP contribution in [0.2, 0.25) is 0 Å². The predicted molar refractivity (Wildman–Crippen MR) is 73.9 cm³/mol. The Morgan fingerprint density at radius 3 is 3.00 bits per heavy atom. The predicted octanol–water partition coefficient (Wildman–Crippen LogP) is 2.50. The van der Waals surface area contributed by atoms with E-state index in [0.29, 0.717) is 12.1 Å². The first-order valence-electron chi connectivity index (χ1n) is 7.29. The number of fused-ring (bicyclic) bond motifs is 1. The third-order valence-corrected chi connectivity index (χ3v) is 4.40. The lowest BCUT2D eigenvalue weighted by Gasteiger charge is -2.32. The highest BCUT2D eigenvalue weighted by molar-refractivity contribution is 5.30. The molecule has 0 amide bonds. The molecule has 0 spiro atoms. The van der Waals surface area contributed by atoms with Crippen LogP contribution in [0.15, 0.2) is 12.4 Å². The Balaban J connectivity index is 1.71. The number of hydrogen-bond acceptors (Lipinski definition) is 3. The third-order valence-electron chi connectivity index (χ3n) is 4.40. The van der Waals surface area contributed by atoms with Crippen LogP contribution in [0.4, 0.5) is 5.95 Å². The highest BCUT2D eigenvalue weighted by Crippen LogP contribution is 2.29. The van der Waals surface area contributed by atoms with E-state index < -0.39 is 0 Å². The van der Waals surface area contributed by atoms with Gasteiger partial charge in [-0.25, -0.2) is 4.98 Å². The van der Waals surface area contributed by atoms with Gasteiger partial charge >= 0.3 is 0 Å². The first-order chi connectivity index (χ1) is 8.75. The first-order valence-corrected chi connectivity index (χ1v) is 7.29. The van der Waals surface area contributed by atoms with Crippen LogP contribution in [0.3, 0.4) is 0 Å². The van der Waals surface area contributed by atoms with Crippen LogP contribution in [-0.2, 0) is 0 Å². The maximum Gasteiger partial charge on any atom is 0.203 e. The van der Waals surface area contributed by atoms with Gasteiger partial charge in [-0.05, 0) is 39.7 Å². The summed E-state index contributed by atoms with van der Waals surface area (Å²) in [6.45, 7) is 6.95. The molecule has 1 N–H and O–H groups in total. The number of anilines is 1. The molecule has 4 heteroatoms. The number of hydrogen-bond donors (Lipinski definition) is 1. The number of piperidine rings is 1. The van der Waals surface area contributed by atoms with Crippen molar-refractivity contribution in [3.8, 4) is 0 Å². The fraction of sp³-hybridized carbons (Fsp3) is 0.786. The van der Waals surface area contributed by atoms with Crippen molar-refractivity contribution >= 4 is 5.95 Å². The third kappa shape index (κ3) is 2.14. The molecule has 0 saturated carbocycles. The second kappa shape index (κ2) is 4.92. The number of aromatic nitrogens is 2. The summed E-state index contributed by atoms with van der Waals surface area (Å²) in [4.78, 5) is 7.13. The van der Waals surface area contributed by atoms with E-state index >= 15 is 0 Å². The van der Waals surface area contributed by atoms with Crippen LogP contribution >= 0.6 is 0 Å². The van der Waals surface area contributed by atoms with E-state index in [9.17, 15) is 0 Å². The first kappa shape index (κ1) is 12.0. The monoisotopic (exact) mass is 248 g/mol. The van der Waals surface area contributed by atoms with Crippen molar-refractivity contribution in [1.82, 2.24) is 14.5 Å². The number of imidazole rings is 1. The van der Waals surface area contributed by atoms with Gasteiger partial charge in [-0.3, -0.25) is 4.90 Å². The molecule has 100 valence electrons. The lowest BCUT2D eigenvalue weighted by molar-refractivity contribution is 0.192. The molecule has 2 aliphatic heterocycles. The van der Waals surface area contributed by atoms with E-state index in [4.69, 9.17) is 0 Å². The molecule has 3 heterocycles. The molecule has 2 atom stereocenters. The Kier molecular flexibility index (Phi) is 3.29. The maximum absolute atomic E-state index is 4.47. The van der Waals surface area contributed by atoms with Gasteiger partial charge in [0.2, 0.25) is 5.95 Å². The second-order valence-electron chi connectivity index (χ2n) is 5.89. The average molecular weight is 248 g/mol. The molecule has 1 aromatic rings. The molecule has 0 radical (unpaired) electrons. The minimum absolute atomic E-state index is 0.471. The Morgan fingerprint density at radius 1 is 1.28 bits per heavy atom. The zero-order chi connectivity index (χ0) is 12.5. The van der Waals surface area contributed by atoms with E-state index in [2.05, 4.69) is 39.8 Å². The molecule has 0 bridgehead atoms. The largest absolute Gasteiger partial charge is 0.351 e. The van der Waals surface area contributed by atoms with Crippen molar-refractivity contribution in [2.45, 2.75) is 57.7 Å². The second-order valence-corrected chi connectivity index (χ2v) is 5.89. The van der Waals surface area contributed by atoms with Gasteiger partial charge in [-0.15, -0.1) is 0 Å². The standard InChI is InChI=1S/C14H24N4/c1-11(2)18-10-7-15-14(18)16-12-6-9-17-8-4-3-5-13(12)17/h7,10-13H,3-6,8-9H2,1-2H3,(H,15,16). The molecule has 0 aromatic carbocycles. The van der Waals surface area contributed by atoms with Gasteiger partial charge in [0.05, 0.1) is 0 Å². The summed E-state index contributed by atoms with van der Waals surface area (Å²) in [7, 11) is 0. The summed E-state index contributed by atoms with van der Waals surface area (Å²) >= 11 is 0. The number of rotatable bonds is 3. The van der Waals surface area contributed by atoms with Crippen LogP contribution in [0, 0.1) is 0 Å². The van der Waals surface area contributed by atoms with E-state index in [1.165, 1.54) is 38.8 Å². The zero-order valence-corrected chi connectivity index (χ0v) is 11.5. The molecule has 4 nitrogen and oxygen atoms in total. The van der Waals surface area contributed by atoms with Gasteiger partial charge < -0.3 is 9.88 Å². The fourth-order valence-corrected chi connectivity index (χ4v) is 3.42. The van der Waals surface area contributed by atoms with Gasteiger partial charge in [0.25, 0.3) is 0 Å². The van der Waals surface area contributed by atoms with E-state index in [-0.39, 0.29) is 0 Å². The van der Waals surface area contributed by atoms with Crippen molar-refractivity contribution in [3.63, 3.8) is 0 Å². The summed E-state index contributed by atoms with van der Waals surface area (Å²) in [6.07, 6.45) is 9.34. The molecule has 3 rings (SSSR count). The quantitative estimate of drug-likeness (QED) is 0.892. The molecule has 2 unspecified atom stereocenters. The minimum atomic E-state index is 0.471. The molecule has 2 fully saturated rings. The summed E-state index contributed by atoms with van der Waals surface area (Å²) in [5.41, 5.74) is 0.